The van der Waals surface area contributed by atoms with Gasteiger partial charge in [0, 0.05) is 31.0 Å². The van der Waals surface area contributed by atoms with Gasteiger partial charge < -0.3 is 14.8 Å². The Bertz CT molecular complexity index is 584. The molecule has 0 atom stereocenters. The van der Waals surface area contributed by atoms with E-state index in [0.29, 0.717) is 6.79 Å². The average Bonchev–Trinajstić information content (AvgIpc) is 2.90. The van der Waals surface area contributed by atoms with E-state index in [1.165, 1.54) is 11.1 Å². The predicted octanol–water partition coefficient (Wildman–Crippen LogP) is 2.41. The van der Waals surface area contributed by atoms with Crippen LogP contribution in [0.15, 0.2) is 36.7 Å². The van der Waals surface area contributed by atoms with E-state index >= 15 is 0 Å². The SMILES string of the molecule is Cc1ccncc1CNCc1cccc2c1OCO2. The highest BCUT2D eigenvalue weighted by Gasteiger charge is 2.16. The highest BCUT2D eigenvalue weighted by Crippen LogP contribution is 2.35. The largest absolute Gasteiger partial charge is 0.454 e. The quantitative estimate of drug-likeness (QED) is 0.912. The number of pyridine rings is 1. The van der Waals surface area contributed by atoms with Crippen molar-refractivity contribution >= 4 is 0 Å². The van der Waals surface area contributed by atoms with E-state index in [9.17, 15) is 0 Å². The molecular formula is C15H16N2O2. The van der Waals surface area contributed by atoms with Crippen LogP contribution < -0.4 is 14.8 Å². The molecule has 4 heteroatoms. The highest BCUT2D eigenvalue weighted by atomic mass is 16.7. The first-order valence-electron chi connectivity index (χ1n) is 6.32. The number of benzene rings is 1. The van der Waals surface area contributed by atoms with Crippen molar-refractivity contribution in [1.29, 1.82) is 0 Å². The van der Waals surface area contributed by atoms with Gasteiger partial charge in [-0.05, 0) is 30.2 Å². The van der Waals surface area contributed by atoms with Gasteiger partial charge in [0.05, 0.1) is 0 Å². The Hall–Kier alpha value is -2.07. The molecule has 0 unspecified atom stereocenters. The molecular weight excluding hydrogens is 240 g/mol. The minimum atomic E-state index is 0.314. The molecule has 1 aromatic heterocycles. The molecule has 1 aliphatic heterocycles. The van der Waals surface area contributed by atoms with E-state index in [2.05, 4.69) is 23.3 Å². The monoisotopic (exact) mass is 256 g/mol. The summed E-state index contributed by atoms with van der Waals surface area (Å²) >= 11 is 0. The van der Waals surface area contributed by atoms with Crippen LogP contribution in [0.1, 0.15) is 16.7 Å². The summed E-state index contributed by atoms with van der Waals surface area (Å²) in [4.78, 5) is 4.14. The molecule has 1 aromatic carbocycles. The fourth-order valence-corrected chi connectivity index (χ4v) is 2.14. The van der Waals surface area contributed by atoms with Gasteiger partial charge in [-0.1, -0.05) is 12.1 Å². The molecule has 3 rings (SSSR count). The average molecular weight is 256 g/mol. The third-order valence-corrected chi connectivity index (χ3v) is 3.26. The molecule has 0 amide bonds. The molecule has 2 aromatic rings. The summed E-state index contributed by atoms with van der Waals surface area (Å²) in [6, 6.07) is 7.99. The van der Waals surface area contributed by atoms with E-state index in [4.69, 9.17) is 9.47 Å². The van der Waals surface area contributed by atoms with E-state index in [0.717, 1.165) is 30.2 Å². The molecule has 0 spiro atoms. The normalized spacial score (nSPS) is 12.7. The second-order valence-electron chi connectivity index (χ2n) is 4.56. The zero-order chi connectivity index (χ0) is 13.1. The molecule has 2 heterocycles. The maximum absolute atomic E-state index is 5.48. The maximum atomic E-state index is 5.48. The second-order valence-corrected chi connectivity index (χ2v) is 4.56. The van der Waals surface area contributed by atoms with Crippen LogP contribution in [0.25, 0.3) is 0 Å². The van der Waals surface area contributed by atoms with Gasteiger partial charge in [-0.3, -0.25) is 4.98 Å². The van der Waals surface area contributed by atoms with Crippen LogP contribution in [0.5, 0.6) is 11.5 Å². The molecule has 19 heavy (non-hydrogen) atoms. The van der Waals surface area contributed by atoms with Crippen molar-refractivity contribution in [2.45, 2.75) is 20.0 Å². The minimum Gasteiger partial charge on any atom is -0.454 e. The zero-order valence-corrected chi connectivity index (χ0v) is 10.8. The number of aromatic nitrogens is 1. The molecule has 1 aliphatic rings. The van der Waals surface area contributed by atoms with Crippen LogP contribution in [-0.2, 0) is 13.1 Å². The summed E-state index contributed by atoms with van der Waals surface area (Å²) in [5.74, 6) is 1.69. The molecule has 0 radical (unpaired) electrons. The Balaban J connectivity index is 1.65. The van der Waals surface area contributed by atoms with Crippen LogP contribution in [0.4, 0.5) is 0 Å². The first-order chi connectivity index (χ1) is 9.34. The van der Waals surface area contributed by atoms with Gasteiger partial charge in [-0.2, -0.15) is 0 Å². The van der Waals surface area contributed by atoms with Gasteiger partial charge in [0.25, 0.3) is 0 Å². The molecule has 0 saturated heterocycles. The number of rotatable bonds is 4. The van der Waals surface area contributed by atoms with Crippen LogP contribution in [0.2, 0.25) is 0 Å². The summed E-state index contributed by atoms with van der Waals surface area (Å²) < 4.78 is 10.8. The lowest BCUT2D eigenvalue weighted by Gasteiger charge is -2.09. The van der Waals surface area contributed by atoms with Gasteiger partial charge >= 0.3 is 0 Å². The number of ether oxygens (including phenoxy) is 2. The fraction of sp³-hybridized carbons (Fsp3) is 0.267. The smallest absolute Gasteiger partial charge is 0.231 e. The Labute approximate surface area is 112 Å². The third kappa shape index (κ3) is 2.53. The zero-order valence-electron chi connectivity index (χ0n) is 10.8. The van der Waals surface area contributed by atoms with Crippen LogP contribution in [0, 0.1) is 6.92 Å². The van der Waals surface area contributed by atoms with Gasteiger partial charge in [0.1, 0.15) is 0 Å². The van der Waals surface area contributed by atoms with Crippen molar-refractivity contribution in [3.05, 3.63) is 53.3 Å². The lowest BCUT2D eigenvalue weighted by Crippen LogP contribution is -2.14. The first kappa shape index (κ1) is 12.0. The van der Waals surface area contributed by atoms with Gasteiger partial charge in [0.15, 0.2) is 11.5 Å². The van der Waals surface area contributed by atoms with Crippen molar-refractivity contribution in [2.75, 3.05) is 6.79 Å². The van der Waals surface area contributed by atoms with Crippen LogP contribution in [0.3, 0.4) is 0 Å². The van der Waals surface area contributed by atoms with Crippen molar-refractivity contribution in [3.63, 3.8) is 0 Å². The lowest BCUT2D eigenvalue weighted by atomic mass is 10.1. The number of para-hydroxylation sites is 1. The molecule has 4 nitrogen and oxygen atoms in total. The first-order valence-corrected chi connectivity index (χ1v) is 6.32. The van der Waals surface area contributed by atoms with Crippen molar-refractivity contribution in [1.82, 2.24) is 10.3 Å². The number of hydrogen-bond donors (Lipinski definition) is 1. The predicted molar refractivity (Wildman–Crippen MR) is 72.1 cm³/mol. The minimum absolute atomic E-state index is 0.314. The Morgan fingerprint density at radius 2 is 2.05 bits per heavy atom. The fourth-order valence-electron chi connectivity index (χ4n) is 2.14. The maximum Gasteiger partial charge on any atom is 0.231 e. The molecule has 1 N–H and O–H groups in total. The molecule has 0 aliphatic carbocycles. The number of aryl methyl sites for hydroxylation is 1. The third-order valence-electron chi connectivity index (χ3n) is 3.26. The molecule has 0 saturated carbocycles. The number of nitrogens with one attached hydrogen (secondary N) is 1. The topological polar surface area (TPSA) is 43.4 Å². The van der Waals surface area contributed by atoms with Crippen molar-refractivity contribution in [2.24, 2.45) is 0 Å². The summed E-state index contributed by atoms with van der Waals surface area (Å²) in [6.45, 7) is 3.95. The second kappa shape index (κ2) is 5.28. The number of nitrogens with zero attached hydrogens (tertiary/aromatic N) is 1. The van der Waals surface area contributed by atoms with E-state index < -0.39 is 0 Å². The highest BCUT2D eigenvalue weighted by molar-refractivity contribution is 5.48. The summed E-state index contributed by atoms with van der Waals surface area (Å²) in [6.07, 6.45) is 3.71. The Kier molecular flexibility index (Phi) is 3.33. The lowest BCUT2D eigenvalue weighted by molar-refractivity contribution is 0.173. The molecule has 0 bridgehead atoms. The summed E-state index contributed by atoms with van der Waals surface area (Å²) in [5, 5.41) is 3.41. The number of hydrogen-bond acceptors (Lipinski definition) is 4. The van der Waals surface area contributed by atoms with Crippen LogP contribution >= 0.6 is 0 Å². The number of fused-ring (bicyclic) bond motifs is 1. The Morgan fingerprint density at radius 3 is 2.95 bits per heavy atom. The standard InChI is InChI=1S/C15H16N2O2/c1-11-5-6-16-8-13(11)9-17-7-12-3-2-4-14-15(12)19-10-18-14/h2-6,8,17H,7,9-10H2,1H3. The van der Waals surface area contributed by atoms with Crippen molar-refractivity contribution < 1.29 is 9.47 Å². The summed E-state index contributed by atoms with van der Waals surface area (Å²) in [5.41, 5.74) is 3.59. The van der Waals surface area contributed by atoms with E-state index in [-0.39, 0.29) is 0 Å². The molecule has 98 valence electrons. The van der Waals surface area contributed by atoms with E-state index in [1.54, 1.807) is 0 Å². The van der Waals surface area contributed by atoms with Crippen LogP contribution in [-0.4, -0.2) is 11.8 Å². The summed E-state index contributed by atoms with van der Waals surface area (Å²) in [7, 11) is 0. The Morgan fingerprint density at radius 1 is 1.16 bits per heavy atom. The van der Waals surface area contributed by atoms with Gasteiger partial charge in [-0.25, -0.2) is 0 Å². The van der Waals surface area contributed by atoms with E-state index in [1.807, 2.05) is 30.6 Å². The van der Waals surface area contributed by atoms with Crippen molar-refractivity contribution in [3.8, 4) is 11.5 Å². The van der Waals surface area contributed by atoms with Gasteiger partial charge in [-0.15, -0.1) is 0 Å². The van der Waals surface area contributed by atoms with Gasteiger partial charge in [0.2, 0.25) is 6.79 Å². The molecule has 0 fully saturated rings.